The number of hydrogen-bond acceptors (Lipinski definition) is 4. The van der Waals surface area contributed by atoms with E-state index in [9.17, 15) is 4.79 Å². The van der Waals surface area contributed by atoms with E-state index in [1.807, 2.05) is 55.5 Å². The summed E-state index contributed by atoms with van der Waals surface area (Å²) in [6.07, 6.45) is -0.438. The monoisotopic (exact) mass is 348 g/mol. The molecule has 0 spiro atoms. The molecule has 1 aliphatic rings. The number of ether oxygens (including phenoxy) is 2. The number of anilines is 1. The number of nitrogens with one attached hydrogen (secondary N) is 2. The summed E-state index contributed by atoms with van der Waals surface area (Å²) in [5.41, 5.74) is 1.87. The molecule has 0 radical (unpaired) electrons. The third kappa shape index (κ3) is 4.96. The highest BCUT2D eigenvalue weighted by Gasteiger charge is 2.21. The van der Waals surface area contributed by atoms with Crippen LogP contribution in [0.15, 0.2) is 48.5 Å². The van der Waals surface area contributed by atoms with E-state index in [0.29, 0.717) is 13.2 Å². The largest absolute Gasteiger partial charge is 0.457 e. The molecule has 24 heavy (non-hydrogen) atoms. The number of carbonyl (C=O) groups excluding carboxylic acids is 1. The van der Waals surface area contributed by atoms with E-state index in [2.05, 4.69) is 10.6 Å². The molecule has 6 heteroatoms. The van der Waals surface area contributed by atoms with Crippen LogP contribution in [-0.4, -0.2) is 31.7 Å². The predicted octanol–water partition coefficient (Wildman–Crippen LogP) is 3.14. The second-order valence-corrected chi connectivity index (χ2v) is 5.50. The van der Waals surface area contributed by atoms with Crippen LogP contribution < -0.4 is 15.4 Å². The van der Waals surface area contributed by atoms with Crippen molar-refractivity contribution in [2.75, 3.05) is 25.0 Å². The van der Waals surface area contributed by atoms with Crippen molar-refractivity contribution in [3.8, 4) is 11.5 Å². The van der Waals surface area contributed by atoms with Crippen molar-refractivity contribution in [2.45, 2.75) is 13.0 Å². The fourth-order valence-corrected chi connectivity index (χ4v) is 2.38. The minimum absolute atomic E-state index is 0. The number of benzene rings is 2. The van der Waals surface area contributed by atoms with E-state index in [0.717, 1.165) is 29.3 Å². The number of rotatable bonds is 4. The topological polar surface area (TPSA) is 59.6 Å². The summed E-state index contributed by atoms with van der Waals surface area (Å²) in [4.78, 5) is 12.1. The average molecular weight is 349 g/mol. The van der Waals surface area contributed by atoms with Gasteiger partial charge in [0.25, 0.3) is 5.91 Å². The molecule has 1 heterocycles. The van der Waals surface area contributed by atoms with Gasteiger partial charge < -0.3 is 20.1 Å². The van der Waals surface area contributed by atoms with E-state index < -0.39 is 6.10 Å². The molecule has 1 amide bonds. The molecule has 5 nitrogen and oxygen atoms in total. The van der Waals surface area contributed by atoms with Crippen molar-refractivity contribution in [2.24, 2.45) is 0 Å². The van der Waals surface area contributed by atoms with Gasteiger partial charge in [0.1, 0.15) is 17.6 Å². The van der Waals surface area contributed by atoms with Crippen LogP contribution in [0.5, 0.6) is 11.5 Å². The Labute approximate surface area is 147 Å². The van der Waals surface area contributed by atoms with Crippen LogP contribution in [0.3, 0.4) is 0 Å². The third-order valence-corrected chi connectivity index (χ3v) is 3.57. The van der Waals surface area contributed by atoms with Crippen molar-refractivity contribution in [1.82, 2.24) is 5.32 Å². The Bertz CT molecular complexity index is 670. The summed E-state index contributed by atoms with van der Waals surface area (Å²) < 4.78 is 11.2. The molecule has 3 rings (SSSR count). The van der Waals surface area contributed by atoms with Crippen LogP contribution in [0.4, 0.5) is 5.69 Å². The lowest BCUT2D eigenvalue weighted by molar-refractivity contribution is -0.128. The van der Waals surface area contributed by atoms with Crippen molar-refractivity contribution in [3.05, 3.63) is 54.1 Å². The molecule has 0 saturated carbocycles. The fraction of sp³-hybridized carbons (Fsp3) is 0.278. The van der Waals surface area contributed by atoms with Crippen LogP contribution in [0.2, 0.25) is 0 Å². The first-order valence-electron chi connectivity index (χ1n) is 7.68. The molecule has 0 aromatic heterocycles. The van der Waals surface area contributed by atoms with Gasteiger partial charge in [0, 0.05) is 18.8 Å². The number of carbonyl (C=O) groups is 1. The second kappa shape index (κ2) is 8.68. The first-order chi connectivity index (χ1) is 11.2. The summed E-state index contributed by atoms with van der Waals surface area (Å²) >= 11 is 0. The highest BCUT2D eigenvalue weighted by Crippen LogP contribution is 2.23. The lowest BCUT2D eigenvalue weighted by atomic mass is 10.2. The first-order valence-corrected chi connectivity index (χ1v) is 7.68. The number of morpholine rings is 1. The molecule has 0 aliphatic carbocycles. The molecule has 2 N–H and O–H groups in total. The Morgan fingerprint density at radius 1 is 1.21 bits per heavy atom. The number of amides is 1. The minimum atomic E-state index is -0.438. The smallest absolute Gasteiger partial charge is 0.254 e. The van der Waals surface area contributed by atoms with Crippen LogP contribution in [-0.2, 0) is 9.53 Å². The van der Waals surface area contributed by atoms with Gasteiger partial charge in [-0.1, -0.05) is 12.1 Å². The van der Waals surface area contributed by atoms with E-state index >= 15 is 0 Å². The van der Waals surface area contributed by atoms with Gasteiger partial charge in [0.05, 0.1) is 6.61 Å². The zero-order valence-corrected chi connectivity index (χ0v) is 14.3. The van der Waals surface area contributed by atoms with Crippen molar-refractivity contribution in [3.63, 3.8) is 0 Å². The summed E-state index contributed by atoms with van der Waals surface area (Å²) in [6.45, 7) is 3.91. The maximum Gasteiger partial charge on any atom is 0.254 e. The number of aryl methyl sites for hydroxylation is 1. The van der Waals surface area contributed by atoms with E-state index in [1.54, 1.807) is 0 Å². The van der Waals surface area contributed by atoms with Crippen molar-refractivity contribution in [1.29, 1.82) is 0 Å². The second-order valence-electron chi connectivity index (χ2n) is 5.50. The molecule has 2 aromatic carbocycles. The average Bonchev–Trinajstić information content (AvgIpc) is 2.57. The molecule has 1 unspecified atom stereocenters. The van der Waals surface area contributed by atoms with Gasteiger partial charge in [-0.3, -0.25) is 4.79 Å². The highest BCUT2D eigenvalue weighted by molar-refractivity contribution is 5.94. The molecule has 128 valence electrons. The maximum atomic E-state index is 12.1. The Balaban J connectivity index is 0.00000208. The lowest BCUT2D eigenvalue weighted by Gasteiger charge is -2.22. The summed E-state index contributed by atoms with van der Waals surface area (Å²) in [7, 11) is 0. The molecule has 1 saturated heterocycles. The van der Waals surface area contributed by atoms with E-state index in [-0.39, 0.29) is 18.3 Å². The Morgan fingerprint density at radius 3 is 2.67 bits per heavy atom. The fourth-order valence-electron chi connectivity index (χ4n) is 2.38. The van der Waals surface area contributed by atoms with Gasteiger partial charge in [-0.25, -0.2) is 0 Å². The van der Waals surface area contributed by atoms with Gasteiger partial charge in [0.2, 0.25) is 0 Å². The Morgan fingerprint density at radius 2 is 2.00 bits per heavy atom. The van der Waals surface area contributed by atoms with Gasteiger partial charge in [-0.05, 0) is 48.9 Å². The standard InChI is InChI=1S/C18H20N2O3.ClH/c1-13-3-2-4-16(11-13)23-15-7-5-14(6-8-15)20-18(21)17-12-19-9-10-22-17;/h2-8,11,17,19H,9-10,12H2,1H3,(H,20,21);1H. The normalized spacial score (nSPS) is 16.8. The number of hydrogen-bond donors (Lipinski definition) is 2. The quantitative estimate of drug-likeness (QED) is 0.891. The minimum Gasteiger partial charge on any atom is -0.457 e. The van der Waals surface area contributed by atoms with E-state index in [1.165, 1.54) is 0 Å². The highest BCUT2D eigenvalue weighted by atomic mass is 35.5. The molecular formula is C18H21ClN2O3. The first kappa shape index (κ1) is 18.3. The third-order valence-electron chi connectivity index (χ3n) is 3.57. The maximum absolute atomic E-state index is 12.1. The lowest BCUT2D eigenvalue weighted by Crippen LogP contribution is -2.45. The van der Waals surface area contributed by atoms with Crippen LogP contribution in [0, 0.1) is 6.92 Å². The van der Waals surface area contributed by atoms with Crippen LogP contribution in [0.25, 0.3) is 0 Å². The number of halogens is 1. The van der Waals surface area contributed by atoms with E-state index in [4.69, 9.17) is 9.47 Å². The van der Waals surface area contributed by atoms with Crippen molar-refractivity contribution >= 4 is 24.0 Å². The van der Waals surface area contributed by atoms with Gasteiger partial charge in [0.15, 0.2) is 0 Å². The molecule has 0 bridgehead atoms. The molecule has 2 aromatic rings. The van der Waals surface area contributed by atoms with Gasteiger partial charge in [-0.15, -0.1) is 12.4 Å². The molecule has 1 aliphatic heterocycles. The summed E-state index contributed by atoms with van der Waals surface area (Å²) in [6, 6.07) is 15.2. The molecule has 1 atom stereocenters. The summed E-state index contributed by atoms with van der Waals surface area (Å²) in [5.74, 6) is 1.39. The van der Waals surface area contributed by atoms with Crippen LogP contribution >= 0.6 is 12.4 Å². The van der Waals surface area contributed by atoms with Gasteiger partial charge in [-0.2, -0.15) is 0 Å². The zero-order valence-electron chi connectivity index (χ0n) is 13.5. The zero-order chi connectivity index (χ0) is 16.1. The van der Waals surface area contributed by atoms with Gasteiger partial charge >= 0.3 is 0 Å². The Hall–Kier alpha value is -2.08. The summed E-state index contributed by atoms with van der Waals surface area (Å²) in [5, 5.41) is 5.99. The van der Waals surface area contributed by atoms with Crippen molar-refractivity contribution < 1.29 is 14.3 Å². The Kier molecular flexibility index (Phi) is 6.61. The van der Waals surface area contributed by atoms with Crippen LogP contribution in [0.1, 0.15) is 5.56 Å². The molecular weight excluding hydrogens is 328 g/mol. The SMILES string of the molecule is Cc1cccc(Oc2ccc(NC(=O)C3CNCCO3)cc2)c1.Cl. The molecule has 1 fully saturated rings. The predicted molar refractivity (Wildman–Crippen MR) is 96.2 cm³/mol.